The van der Waals surface area contributed by atoms with Crippen LogP contribution >= 0.6 is 0 Å². The molecule has 1 aromatic rings. The van der Waals surface area contributed by atoms with E-state index in [0.717, 1.165) is 0 Å². The van der Waals surface area contributed by atoms with Gasteiger partial charge in [-0.05, 0) is 26.0 Å². The van der Waals surface area contributed by atoms with Gasteiger partial charge in [0.2, 0.25) is 5.91 Å². The average Bonchev–Trinajstić information content (AvgIpc) is 2.45. The third kappa shape index (κ3) is 4.48. The van der Waals surface area contributed by atoms with Crippen molar-refractivity contribution < 1.29 is 19.5 Å². The van der Waals surface area contributed by atoms with Crippen molar-refractivity contribution in [2.24, 2.45) is 0 Å². The van der Waals surface area contributed by atoms with E-state index in [9.17, 15) is 14.4 Å². The SMILES string of the molecule is CCN(C)C(=O)C(C)NC(=O)Nc1ccccc1C(=O)O. The van der Waals surface area contributed by atoms with Crippen LogP contribution in [0.15, 0.2) is 24.3 Å². The molecule has 0 aromatic heterocycles. The molecule has 0 aliphatic heterocycles. The van der Waals surface area contributed by atoms with Gasteiger partial charge in [-0.15, -0.1) is 0 Å². The lowest BCUT2D eigenvalue weighted by Crippen LogP contribution is -2.46. The van der Waals surface area contributed by atoms with Gasteiger partial charge in [0.05, 0.1) is 11.3 Å². The van der Waals surface area contributed by atoms with Crippen LogP contribution in [0.3, 0.4) is 0 Å². The Labute approximate surface area is 122 Å². The third-order valence-electron chi connectivity index (χ3n) is 2.97. The summed E-state index contributed by atoms with van der Waals surface area (Å²) in [6.07, 6.45) is 0. The molecule has 0 fully saturated rings. The number of anilines is 1. The molecule has 7 nitrogen and oxygen atoms in total. The van der Waals surface area contributed by atoms with Crippen LogP contribution in [-0.4, -0.2) is 47.5 Å². The molecule has 1 rings (SSSR count). The van der Waals surface area contributed by atoms with E-state index in [-0.39, 0.29) is 17.2 Å². The number of benzene rings is 1. The first-order valence-corrected chi connectivity index (χ1v) is 6.51. The van der Waals surface area contributed by atoms with Gasteiger partial charge in [0.25, 0.3) is 0 Å². The number of carboxylic acids is 1. The lowest BCUT2D eigenvalue weighted by molar-refractivity contribution is -0.131. The average molecular weight is 293 g/mol. The summed E-state index contributed by atoms with van der Waals surface area (Å²) in [4.78, 5) is 36.2. The number of hydrogen-bond donors (Lipinski definition) is 3. The van der Waals surface area contributed by atoms with Crippen molar-refractivity contribution in [2.75, 3.05) is 18.9 Å². The molecule has 1 atom stereocenters. The molecule has 3 amide bonds. The molecule has 0 saturated heterocycles. The molecule has 7 heteroatoms. The van der Waals surface area contributed by atoms with Gasteiger partial charge in [-0.25, -0.2) is 9.59 Å². The zero-order valence-electron chi connectivity index (χ0n) is 12.2. The summed E-state index contributed by atoms with van der Waals surface area (Å²) < 4.78 is 0. The normalized spacial score (nSPS) is 11.4. The van der Waals surface area contributed by atoms with Gasteiger partial charge in [-0.2, -0.15) is 0 Å². The summed E-state index contributed by atoms with van der Waals surface area (Å²) in [6, 6.07) is 4.71. The molecule has 0 saturated carbocycles. The number of rotatable bonds is 5. The number of urea groups is 1. The van der Waals surface area contributed by atoms with Crippen molar-refractivity contribution in [1.82, 2.24) is 10.2 Å². The fourth-order valence-electron chi connectivity index (χ4n) is 1.68. The molecule has 0 aliphatic carbocycles. The fourth-order valence-corrected chi connectivity index (χ4v) is 1.68. The van der Waals surface area contributed by atoms with Crippen LogP contribution in [0, 0.1) is 0 Å². The number of para-hydroxylation sites is 1. The van der Waals surface area contributed by atoms with Crippen LogP contribution < -0.4 is 10.6 Å². The number of nitrogens with zero attached hydrogens (tertiary/aromatic N) is 1. The van der Waals surface area contributed by atoms with Gasteiger partial charge < -0.3 is 20.6 Å². The molecular weight excluding hydrogens is 274 g/mol. The maximum absolute atomic E-state index is 11.8. The molecule has 0 bridgehead atoms. The van der Waals surface area contributed by atoms with E-state index in [2.05, 4.69) is 10.6 Å². The van der Waals surface area contributed by atoms with E-state index in [0.29, 0.717) is 6.54 Å². The van der Waals surface area contributed by atoms with Crippen molar-refractivity contribution in [1.29, 1.82) is 0 Å². The zero-order valence-corrected chi connectivity index (χ0v) is 12.2. The van der Waals surface area contributed by atoms with Crippen molar-refractivity contribution in [3.63, 3.8) is 0 Å². The highest BCUT2D eigenvalue weighted by Gasteiger charge is 2.19. The summed E-state index contributed by atoms with van der Waals surface area (Å²) in [5.41, 5.74) is 0.156. The molecule has 114 valence electrons. The second kappa shape index (κ2) is 7.28. The number of amides is 3. The van der Waals surface area contributed by atoms with Crippen LogP contribution in [0.2, 0.25) is 0 Å². The minimum absolute atomic E-state index is 0.0164. The summed E-state index contributed by atoms with van der Waals surface area (Å²) in [5.74, 6) is -1.36. The largest absolute Gasteiger partial charge is 0.478 e. The Bertz CT molecular complexity index is 545. The predicted molar refractivity (Wildman–Crippen MR) is 78.3 cm³/mol. The first-order valence-electron chi connectivity index (χ1n) is 6.51. The maximum Gasteiger partial charge on any atom is 0.337 e. The Balaban J connectivity index is 2.70. The standard InChI is InChI=1S/C14H19N3O4/c1-4-17(3)12(18)9(2)15-14(21)16-11-8-6-5-7-10(11)13(19)20/h5-9H,4H2,1-3H3,(H,19,20)(H2,15,16,21). The Kier molecular flexibility index (Phi) is 5.71. The van der Waals surface area contributed by atoms with Gasteiger partial charge in [0.1, 0.15) is 6.04 Å². The van der Waals surface area contributed by atoms with Crippen molar-refractivity contribution >= 4 is 23.6 Å². The zero-order chi connectivity index (χ0) is 16.0. The molecule has 1 unspecified atom stereocenters. The molecule has 0 heterocycles. The molecule has 0 aliphatic rings. The maximum atomic E-state index is 11.8. The van der Waals surface area contributed by atoms with E-state index in [4.69, 9.17) is 5.11 Å². The van der Waals surface area contributed by atoms with Gasteiger partial charge >= 0.3 is 12.0 Å². The van der Waals surface area contributed by atoms with Crippen LogP contribution in [0.5, 0.6) is 0 Å². The molecule has 0 spiro atoms. The molecule has 0 radical (unpaired) electrons. The Hall–Kier alpha value is -2.57. The van der Waals surface area contributed by atoms with E-state index >= 15 is 0 Å². The monoisotopic (exact) mass is 293 g/mol. The second-order valence-electron chi connectivity index (χ2n) is 4.52. The molecule has 3 N–H and O–H groups in total. The van der Waals surface area contributed by atoms with E-state index in [1.54, 1.807) is 26.1 Å². The van der Waals surface area contributed by atoms with Crippen LogP contribution in [0.25, 0.3) is 0 Å². The van der Waals surface area contributed by atoms with Gasteiger partial charge in [0.15, 0.2) is 0 Å². The Morgan fingerprint density at radius 2 is 1.90 bits per heavy atom. The number of likely N-dealkylation sites (N-methyl/N-ethyl adjacent to an activating group) is 1. The second-order valence-corrected chi connectivity index (χ2v) is 4.52. The van der Waals surface area contributed by atoms with Gasteiger partial charge in [0, 0.05) is 13.6 Å². The van der Waals surface area contributed by atoms with Crippen LogP contribution in [0.4, 0.5) is 10.5 Å². The van der Waals surface area contributed by atoms with Gasteiger partial charge in [-0.1, -0.05) is 12.1 Å². The van der Waals surface area contributed by atoms with Crippen LogP contribution in [-0.2, 0) is 4.79 Å². The van der Waals surface area contributed by atoms with E-state index in [1.807, 2.05) is 6.92 Å². The molecular formula is C14H19N3O4. The molecule has 21 heavy (non-hydrogen) atoms. The summed E-state index contributed by atoms with van der Waals surface area (Å²) >= 11 is 0. The number of carboxylic acid groups (broad SMARTS) is 1. The number of carbonyl (C=O) groups excluding carboxylic acids is 2. The third-order valence-corrected chi connectivity index (χ3v) is 2.97. The van der Waals surface area contributed by atoms with Crippen molar-refractivity contribution in [3.8, 4) is 0 Å². The first-order chi connectivity index (χ1) is 9.86. The summed E-state index contributed by atoms with van der Waals surface area (Å²) in [7, 11) is 1.64. The quantitative estimate of drug-likeness (QED) is 0.763. The van der Waals surface area contributed by atoms with Crippen molar-refractivity contribution in [2.45, 2.75) is 19.9 Å². The summed E-state index contributed by atoms with van der Waals surface area (Å²) in [6.45, 7) is 3.93. The smallest absolute Gasteiger partial charge is 0.337 e. The van der Waals surface area contributed by atoms with Crippen LogP contribution in [0.1, 0.15) is 24.2 Å². The number of nitrogens with one attached hydrogen (secondary N) is 2. The minimum atomic E-state index is -1.14. The highest BCUT2D eigenvalue weighted by molar-refractivity contribution is 6.00. The molecule has 1 aromatic carbocycles. The van der Waals surface area contributed by atoms with Crippen molar-refractivity contribution in [3.05, 3.63) is 29.8 Å². The number of hydrogen-bond acceptors (Lipinski definition) is 3. The highest BCUT2D eigenvalue weighted by atomic mass is 16.4. The fraction of sp³-hybridized carbons (Fsp3) is 0.357. The van der Waals surface area contributed by atoms with Gasteiger partial charge in [-0.3, -0.25) is 4.79 Å². The Morgan fingerprint density at radius 3 is 2.48 bits per heavy atom. The lowest BCUT2D eigenvalue weighted by Gasteiger charge is -2.20. The topological polar surface area (TPSA) is 98.7 Å². The van der Waals surface area contributed by atoms with E-state index in [1.165, 1.54) is 17.0 Å². The first kappa shape index (κ1) is 16.5. The number of aromatic carboxylic acids is 1. The number of carbonyl (C=O) groups is 3. The predicted octanol–water partition coefficient (Wildman–Crippen LogP) is 1.37. The highest BCUT2D eigenvalue weighted by Crippen LogP contribution is 2.14. The lowest BCUT2D eigenvalue weighted by atomic mass is 10.2. The van der Waals surface area contributed by atoms with E-state index < -0.39 is 18.0 Å². The summed E-state index contributed by atoms with van der Waals surface area (Å²) in [5, 5.41) is 13.9. The minimum Gasteiger partial charge on any atom is -0.478 e. The Morgan fingerprint density at radius 1 is 1.29 bits per heavy atom.